The van der Waals surface area contributed by atoms with Crippen molar-refractivity contribution >= 4 is 38.9 Å². The minimum atomic E-state index is -0.0275. The van der Waals surface area contributed by atoms with Crippen molar-refractivity contribution in [1.82, 2.24) is 5.32 Å². The van der Waals surface area contributed by atoms with Crippen molar-refractivity contribution in [3.8, 4) is 0 Å². The molecule has 0 fully saturated rings. The zero-order chi connectivity index (χ0) is 14.4. The van der Waals surface area contributed by atoms with Crippen LogP contribution in [-0.2, 0) is 11.2 Å². The van der Waals surface area contributed by atoms with Crippen LogP contribution in [0.2, 0.25) is 0 Å². The van der Waals surface area contributed by atoms with Gasteiger partial charge in [0.15, 0.2) is 0 Å². The molecule has 3 nitrogen and oxygen atoms in total. The maximum atomic E-state index is 11.8. The zero-order valence-corrected chi connectivity index (χ0v) is 13.6. The summed E-state index contributed by atoms with van der Waals surface area (Å²) >= 11 is 5.08. The van der Waals surface area contributed by atoms with E-state index in [0.29, 0.717) is 6.54 Å². The van der Waals surface area contributed by atoms with E-state index in [0.717, 1.165) is 16.6 Å². The molecule has 1 aromatic heterocycles. The van der Waals surface area contributed by atoms with Crippen LogP contribution in [0.25, 0.3) is 0 Å². The largest absolute Gasteiger partial charge is 0.325 e. The van der Waals surface area contributed by atoms with Crippen molar-refractivity contribution in [3.63, 3.8) is 0 Å². The predicted molar refractivity (Wildman–Crippen MR) is 88.3 cm³/mol. The van der Waals surface area contributed by atoms with Crippen LogP contribution in [0.4, 0.5) is 5.69 Å². The second-order valence-corrected chi connectivity index (χ2v) is 6.37. The van der Waals surface area contributed by atoms with E-state index in [9.17, 15) is 4.79 Å². The van der Waals surface area contributed by atoms with Crippen LogP contribution in [-0.4, -0.2) is 18.5 Å². The molecule has 0 aliphatic heterocycles. The lowest BCUT2D eigenvalue weighted by Gasteiger charge is -2.13. The third kappa shape index (κ3) is 5.07. The Hall–Kier alpha value is -1.17. The molecule has 0 bridgehead atoms. The van der Waals surface area contributed by atoms with Crippen molar-refractivity contribution in [1.29, 1.82) is 0 Å². The van der Waals surface area contributed by atoms with Crippen molar-refractivity contribution < 1.29 is 4.79 Å². The van der Waals surface area contributed by atoms with Crippen LogP contribution in [0, 0.1) is 0 Å². The average Bonchev–Trinajstić information content (AvgIpc) is 2.89. The van der Waals surface area contributed by atoms with Crippen LogP contribution in [0.15, 0.2) is 45.6 Å². The van der Waals surface area contributed by atoms with Crippen LogP contribution >= 0.6 is 27.3 Å². The first-order valence-corrected chi connectivity index (χ1v) is 8.17. The van der Waals surface area contributed by atoms with Gasteiger partial charge in [0.05, 0.1) is 6.54 Å². The van der Waals surface area contributed by atoms with E-state index in [1.165, 1.54) is 5.56 Å². The van der Waals surface area contributed by atoms with Crippen LogP contribution in [0.5, 0.6) is 0 Å². The van der Waals surface area contributed by atoms with E-state index < -0.39 is 0 Å². The van der Waals surface area contributed by atoms with Gasteiger partial charge in [-0.2, -0.15) is 11.3 Å². The fraction of sp³-hybridized carbons (Fsp3) is 0.267. The summed E-state index contributed by atoms with van der Waals surface area (Å²) in [7, 11) is 0. The second kappa shape index (κ2) is 7.57. The third-order valence-corrected chi connectivity index (χ3v) is 4.07. The monoisotopic (exact) mass is 352 g/mol. The Bertz CT molecular complexity index is 557. The van der Waals surface area contributed by atoms with Gasteiger partial charge in [-0.1, -0.05) is 22.0 Å². The number of anilines is 1. The van der Waals surface area contributed by atoms with E-state index in [4.69, 9.17) is 0 Å². The summed E-state index contributed by atoms with van der Waals surface area (Å²) < 4.78 is 0.953. The van der Waals surface area contributed by atoms with Gasteiger partial charge in [0.1, 0.15) is 0 Å². The molecule has 20 heavy (non-hydrogen) atoms. The van der Waals surface area contributed by atoms with E-state index >= 15 is 0 Å². The van der Waals surface area contributed by atoms with Gasteiger partial charge in [-0.3, -0.25) is 4.79 Å². The standard InChI is InChI=1S/C15H17BrN2OS/c1-11(7-12-5-6-20-10-12)17-9-15(19)18-14-4-2-3-13(16)8-14/h2-6,8,10-11,17H,7,9H2,1H3,(H,18,19). The summed E-state index contributed by atoms with van der Waals surface area (Å²) in [5, 5.41) is 10.3. The van der Waals surface area contributed by atoms with E-state index in [-0.39, 0.29) is 11.9 Å². The first-order chi connectivity index (χ1) is 9.63. The summed E-state index contributed by atoms with van der Waals surface area (Å²) in [6.45, 7) is 2.40. The number of thiophene rings is 1. The Kier molecular flexibility index (Phi) is 5.76. The Morgan fingerprint density at radius 2 is 2.25 bits per heavy atom. The first-order valence-electron chi connectivity index (χ1n) is 6.43. The number of carbonyl (C=O) groups excluding carboxylic acids is 1. The normalized spacial score (nSPS) is 12.1. The highest BCUT2D eigenvalue weighted by atomic mass is 79.9. The van der Waals surface area contributed by atoms with Crippen LogP contribution < -0.4 is 10.6 Å². The zero-order valence-electron chi connectivity index (χ0n) is 11.2. The minimum absolute atomic E-state index is 0.0275. The third-order valence-electron chi connectivity index (χ3n) is 2.84. The molecule has 106 valence electrons. The quantitative estimate of drug-likeness (QED) is 0.832. The average molecular weight is 353 g/mol. The van der Waals surface area contributed by atoms with Gasteiger partial charge in [-0.05, 0) is 53.9 Å². The summed E-state index contributed by atoms with van der Waals surface area (Å²) in [6.07, 6.45) is 0.938. The van der Waals surface area contributed by atoms with Crippen LogP contribution in [0.3, 0.4) is 0 Å². The topological polar surface area (TPSA) is 41.1 Å². The molecule has 0 saturated carbocycles. The van der Waals surface area contributed by atoms with Crippen molar-refractivity contribution in [3.05, 3.63) is 51.1 Å². The molecular formula is C15H17BrN2OS. The summed E-state index contributed by atoms with van der Waals surface area (Å²) in [5.74, 6) is -0.0275. The van der Waals surface area contributed by atoms with E-state index in [1.54, 1.807) is 11.3 Å². The number of amides is 1. The smallest absolute Gasteiger partial charge is 0.238 e. The number of halogens is 1. The van der Waals surface area contributed by atoms with Gasteiger partial charge < -0.3 is 10.6 Å². The number of benzene rings is 1. The summed E-state index contributed by atoms with van der Waals surface area (Å²) in [6, 6.07) is 9.97. The molecule has 1 heterocycles. The highest BCUT2D eigenvalue weighted by Gasteiger charge is 2.07. The van der Waals surface area contributed by atoms with Gasteiger partial charge >= 0.3 is 0 Å². The van der Waals surface area contributed by atoms with Gasteiger partial charge in [0.25, 0.3) is 0 Å². The molecule has 0 radical (unpaired) electrons. The molecule has 0 aliphatic rings. The van der Waals surface area contributed by atoms with Crippen LogP contribution in [0.1, 0.15) is 12.5 Å². The minimum Gasteiger partial charge on any atom is -0.325 e. The number of hydrogen-bond donors (Lipinski definition) is 2. The van der Waals surface area contributed by atoms with Crippen molar-refractivity contribution in [2.45, 2.75) is 19.4 Å². The molecule has 5 heteroatoms. The Balaban J connectivity index is 1.74. The Morgan fingerprint density at radius 3 is 2.95 bits per heavy atom. The van der Waals surface area contributed by atoms with E-state index in [2.05, 4.69) is 50.3 Å². The van der Waals surface area contributed by atoms with Gasteiger partial charge in [0.2, 0.25) is 5.91 Å². The highest BCUT2D eigenvalue weighted by molar-refractivity contribution is 9.10. The lowest BCUT2D eigenvalue weighted by molar-refractivity contribution is -0.115. The van der Waals surface area contributed by atoms with Crippen molar-refractivity contribution in [2.24, 2.45) is 0 Å². The van der Waals surface area contributed by atoms with Gasteiger partial charge in [0, 0.05) is 16.2 Å². The number of hydrogen-bond acceptors (Lipinski definition) is 3. The highest BCUT2D eigenvalue weighted by Crippen LogP contribution is 2.15. The SMILES string of the molecule is CC(Cc1ccsc1)NCC(=O)Nc1cccc(Br)c1. The number of carbonyl (C=O) groups is 1. The maximum absolute atomic E-state index is 11.8. The molecule has 1 atom stereocenters. The maximum Gasteiger partial charge on any atom is 0.238 e. The number of nitrogens with one attached hydrogen (secondary N) is 2. The molecule has 0 aliphatic carbocycles. The second-order valence-electron chi connectivity index (χ2n) is 4.68. The van der Waals surface area contributed by atoms with Gasteiger partial charge in [-0.25, -0.2) is 0 Å². The molecule has 0 spiro atoms. The lowest BCUT2D eigenvalue weighted by atomic mass is 10.1. The number of rotatable bonds is 6. The Morgan fingerprint density at radius 1 is 1.40 bits per heavy atom. The fourth-order valence-electron chi connectivity index (χ4n) is 1.87. The van der Waals surface area contributed by atoms with Crippen molar-refractivity contribution in [2.75, 3.05) is 11.9 Å². The molecular weight excluding hydrogens is 336 g/mol. The van der Waals surface area contributed by atoms with Gasteiger partial charge in [-0.15, -0.1) is 0 Å². The molecule has 1 unspecified atom stereocenters. The molecule has 0 saturated heterocycles. The Labute approximate surface area is 131 Å². The first kappa shape index (κ1) is 15.2. The summed E-state index contributed by atoms with van der Waals surface area (Å²) in [5.41, 5.74) is 2.11. The van der Waals surface area contributed by atoms with E-state index in [1.807, 2.05) is 24.3 Å². The lowest BCUT2D eigenvalue weighted by Crippen LogP contribution is -2.35. The predicted octanol–water partition coefficient (Wildman–Crippen LogP) is 3.67. The fourth-order valence-corrected chi connectivity index (χ4v) is 2.95. The molecule has 2 N–H and O–H groups in total. The molecule has 2 aromatic rings. The molecule has 2 rings (SSSR count). The molecule has 1 aromatic carbocycles. The summed E-state index contributed by atoms with van der Waals surface area (Å²) in [4.78, 5) is 11.8. The molecule has 1 amide bonds.